The Morgan fingerprint density at radius 2 is 2.04 bits per heavy atom. The lowest BCUT2D eigenvalue weighted by Gasteiger charge is -2.16. The Morgan fingerprint density at radius 3 is 2.78 bits per heavy atom. The monoisotopic (exact) mass is 355 g/mol. The summed E-state index contributed by atoms with van der Waals surface area (Å²) in [6, 6.07) is 5.54. The first-order chi connectivity index (χ1) is 10.9. The van der Waals surface area contributed by atoms with Gasteiger partial charge < -0.3 is 15.2 Å². The Labute approximate surface area is 144 Å². The molecule has 0 saturated heterocycles. The van der Waals surface area contributed by atoms with Crippen molar-refractivity contribution in [2.75, 3.05) is 18.1 Å². The largest absolute Gasteiger partial charge is 0.487 e. The third-order valence-electron chi connectivity index (χ3n) is 3.28. The van der Waals surface area contributed by atoms with Crippen molar-refractivity contribution >= 4 is 33.5 Å². The summed E-state index contributed by atoms with van der Waals surface area (Å²) in [6.45, 7) is 4.63. The SMILES string of the molecule is CC1(C)Cc2cc(C(=O)NCCSSCCC(=O)O)ccc2O1. The second-order valence-electron chi connectivity index (χ2n) is 5.90. The lowest BCUT2D eigenvalue weighted by atomic mass is 10.00. The Kier molecular flexibility index (Phi) is 6.24. The van der Waals surface area contributed by atoms with Crippen LogP contribution in [0.15, 0.2) is 18.2 Å². The zero-order valence-electron chi connectivity index (χ0n) is 13.3. The number of fused-ring (bicyclic) bond motifs is 1. The highest BCUT2D eigenvalue weighted by molar-refractivity contribution is 8.76. The first kappa shape index (κ1) is 18.0. The Hall–Kier alpha value is -1.34. The van der Waals surface area contributed by atoms with E-state index in [4.69, 9.17) is 9.84 Å². The van der Waals surface area contributed by atoms with Gasteiger partial charge in [0, 0.05) is 30.0 Å². The molecule has 0 unspecified atom stereocenters. The van der Waals surface area contributed by atoms with Gasteiger partial charge >= 0.3 is 5.97 Å². The van der Waals surface area contributed by atoms with E-state index in [2.05, 4.69) is 5.32 Å². The predicted molar refractivity (Wildman–Crippen MR) is 94.4 cm³/mol. The summed E-state index contributed by atoms with van der Waals surface area (Å²) in [7, 11) is 3.08. The van der Waals surface area contributed by atoms with Crippen molar-refractivity contribution in [2.45, 2.75) is 32.3 Å². The second-order valence-corrected chi connectivity index (χ2v) is 8.61. The van der Waals surface area contributed by atoms with Gasteiger partial charge in [-0.05, 0) is 37.6 Å². The van der Waals surface area contributed by atoms with Crippen LogP contribution >= 0.6 is 21.6 Å². The molecule has 1 heterocycles. The minimum Gasteiger partial charge on any atom is -0.487 e. The van der Waals surface area contributed by atoms with Gasteiger partial charge in [0.2, 0.25) is 0 Å². The molecule has 0 spiro atoms. The quantitative estimate of drug-likeness (QED) is 0.551. The van der Waals surface area contributed by atoms with Crippen LogP contribution in [0.4, 0.5) is 0 Å². The number of hydrogen-bond acceptors (Lipinski definition) is 5. The van der Waals surface area contributed by atoms with Crippen LogP contribution in [0.1, 0.15) is 36.2 Å². The van der Waals surface area contributed by atoms with Crippen LogP contribution < -0.4 is 10.1 Å². The molecule has 5 nitrogen and oxygen atoms in total. The molecular weight excluding hydrogens is 334 g/mol. The predicted octanol–water partition coefficient (Wildman–Crippen LogP) is 2.99. The molecule has 7 heteroatoms. The highest BCUT2D eigenvalue weighted by Gasteiger charge is 2.30. The van der Waals surface area contributed by atoms with E-state index < -0.39 is 5.97 Å². The van der Waals surface area contributed by atoms with Crippen molar-refractivity contribution in [3.63, 3.8) is 0 Å². The Bertz CT molecular complexity index is 589. The summed E-state index contributed by atoms with van der Waals surface area (Å²) < 4.78 is 5.80. The van der Waals surface area contributed by atoms with Gasteiger partial charge in [0.1, 0.15) is 11.4 Å². The van der Waals surface area contributed by atoms with Gasteiger partial charge in [0.25, 0.3) is 5.91 Å². The van der Waals surface area contributed by atoms with Gasteiger partial charge in [-0.15, -0.1) is 0 Å². The third kappa shape index (κ3) is 5.66. The van der Waals surface area contributed by atoms with Crippen LogP contribution in [0.3, 0.4) is 0 Å². The van der Waals surface area contributed by atoms with Crippen molar-refractivity contribution in [3.8, 4) is 5.75 Å². The number of carbonyl (C=O) groups excluding carboxylic acids is 1. The first-order valence-corrected chi connectivity index (χ1v) is 9.92. The third-order valence-corrected chi connectivity index (χ3v) is 5.69. The number of amides is 1. The zero-order valence-corrected chi connectivity index (χ0v) is 14.9. The average molecular weight is 355 g/mol. The standard InChI is InChI=1S/C16H21NO4S2/c1-16(2)10-12-9-11(3-4-13(12)21-16)15(20)17-6-8-23-22-7-5-14(18)19/h3-4,9H,5-8,10H2,1-2H3,(H,17,20)(H,18,19). The number of benzene rings is 1. The number of aliphatic carboxylic acids is 1. The first-order valence-electron chi connectivity index (χ1n) is 7.44. The molecule has 1 aliphatic heterocycles. The van der Waals surface area contributed by atoms with Gasteiger partial charge in [-0.3, -0.25) is 9.59 Å². The highest BCUT2D eigenvalue weighted by Crippen LogP contribution is 2.35. The van der Waals surface area contributed by atoms with E-state index >= 15 is 0 Å². The van der Waals surface area contributed by atoms with Crippen LogP contribution in [0.2, 0.25) is 0 Å². The van der Waals surface area contributed by atoms with Crippen LogP contribution in [-0.2, 0) is 11.2 Å². The van der Waals surface area contributed by atoms with Crippen LogP contribution in [0.25, 0.3) is 0 Å². The van der Waals surface area contributed by atoms with E-state index in [0.29, 0.717) is 17.9 Å². The molecule has 1 aliphatic rings. The molecule has 1 aromatic carbocycles. The molecule has 1 amide bonds. The van der Waals surface area contributed by atoms with Crippen molar-refractivity contribution < 1.29 is 19.4 Å². The van der Waals surface area contributed by atoms with Gasteiger partial charge in [-0.25, -0.2) is 0 Å². The summed E-state index contributed by atoms with van der Waals surface area (Å²) in [5, 5.41) is 11.4. The topological polar surface area (TPSA) is 75.6 Å². The van der Waals surface area contributed by atoms with Gasteiger partial charge in [0.15, 0.2) is 0 Å². The minimum absolute atomic E-state index is 0.0892. The number of rotatable bonds is 8. The van der Waals surface area contributed by atoms with E-state index in [0.717, 1.165) is 23.5 Å². The number of ether oxygens (including phenoxy) is 1. The van der Waals surface area contributed by atoms with E-state index in [1.54, 1.807) is 16.9 Å². The van der Waals surface area contributed by atoms with E-state index in [9.17, 15) is 9.59 Å². The molecule has 2 rings (SSSR count). The molecule has 0 fully saturated rings. The van der Waals surface area contributed by atoms with Crippen molar-refractivity contribution in [2.24, 2.45) is 0 Å². The maximum absolute atomic E-state index is 12.1. The van der Waals surface area contributed by atoms with E-state index in [-0.39, 0.29) is 17.9 Å². The smallest absolute Gasteiger partial charge is 0.304 e. The van der Waals surface area contributed by atoms with E-state index in [1.165, 1.54) is 10.8 Å². The fraction of sp³-hybridized carbons (Fsp3) is 0.500. The summed E-state index contributed by atoms with van der Waals surface area (Å²) in [5.74, 6) is 1.31. The van der Waals surface area contributed by atoms with Crippen LogP contribution in [0, 0.1) is 0 Å². The molecule has 0 bridgehead atoms. The molecular formula is C16H21NO4S2. The summed E-state index contributed by atoms with van der Waals surface area (Å²) in [4.78, 5) is 22.5. The van der Waals surface area contributed by atoms with Gasteiger partial charge in [0.05, 0.1) is 6.42 Å². The fourth-order valence-corrected chi connectivity index (χ4v) is 4.19. The van der Waals surface area contributed by atoms with Crippen molar-refractivity contribution in [1.29, 1.82) is 0 Å². The van der Waals surface area contributed by atoms with Crippen LogP contribution in [-0.4, -0.2) is 40.6 Å². The maximum Gasteiger partial charge on any atom is 0.304 e. The molecule has 0 atom stereocenters. The fourth-order valence-electron chi connectivity index (χ4n) is 2.31. The number of hydrogen-bond donors (Lipinski definition) is 2. The number of carboxylic acids is 1. The Morgan fingerprint density at radius 1 is 1.30 bits per heavy atom. The van der Waals surface area contributed by atoms with Gasteiger partial charge in [-0.1, -0.05) is 21.6 Å². The minimum atomic E-state index is -0.782. The van der Waals surface area contributed by atoms with Crippen molar-refractivity contribution in [1.82, 2.24) is 5.32 Å². The molecule has 0 saturated carbocycles. The maximum atomic E-state index is 12.1. The molecule has 0 radical (unpaired) electrons. The molecule has 0 aliphatic carbocycles. The van der Waals surface area contributed by atoms with Crippen molar-refractivity contribution in [3.05, 3.63) is 29.3 Å². The second kappa shape index (κ2) is 7.97. The molecule has 23 heavy (non-hydrogen) atoms. The lowest BCUT2D eigenvalue weighted by molar-refractivity contribution is -0.136. The summed E-state index contributed by atoms with van der Waals surface area (Å²) in [6.07, 6.45) is 0.969. The summed E-state index contributed by atoms with van der Waals surface area (Å²) >= 11 is 0. The van der Waals surface area contributed by atoms with Crippen LogP contribution in [0.5, 0.6) is 5.75 Å². The van der Waals surface area contributed by atoms with Gasteiger partial charge in [-0.2, -0.15) is 0 Å². The molecule has 126 valence electrons. The average Bonchev–Trinajstić information content (AvgIpc) is 2.78. The molecule has 1 aromatic rings. The molecule has 2 N–H and O–H groups in total. The highest BCUT2D eigenvalue weighted by atomic mass is 33.1. The number of carbonyl (C=O) groups is 2. The number of carboxylic acid groups (broad SMARTS) is 1. The Balaban J connectivity index is 1.72. The normalized spacial score (nSPS) is 14.9. The summed E-state index contributed by atoms with van der Waals surface area (Å²) in [5.41, 5.74) is 1.51. The lowest BCUT2D eigenvalue weighted by Crippen LogP contribution is -2.25. The number of nitrogens with one attached hydrogen (secondary N) is 1. The zero-order chi connectivity index (χ0) is 16.9. The molecule has 0 aromatic heterocycles. The van der Waals surface area contributed by atoms with E-state index in [1.807, 2.05) is 26.0 Å².